The minimum atomic E-state index is -0.00673. The smallest absolute Gasteiger partial charge is 0.253 e. The van der Waals surface area contributed by atoms with Gasteiger partial charge >= 0.3 is 0 Å². The van der Waals surface area contributed by atoms with Crippen LogP contribution in [-0.4, -0.2) is 59.8 Å². The van der Waals surface area contributed by atoms with Crippen LogP contribution in [0.4, 0.5) is 0 Å². The van der Waals surface area contributed by atoms with E-state index < -0.39 is 0 Å². The van der Waals surface area contributed by atoms with Crippen molar-refractivity contribution in [1.29, 1.82) is 0 Å². The van der Waals surface area contributed by atoms with Crippen molar-refractivity contribution in [2.24, 2.45) is 5.41 Å². The number of piperidine rings is 1. The molecule has 2 heterocycles. The Bertz CT molecular complexity index is 662. The number of likely N-dealkylation sites (tertiary alicyclic amines) is 2. The zero-order chi connectivity index (χ0) is 18.7. The molecule has 1 spiro atoms. The number of alkyl halides is 1. The molecule has 0 aliphatic carbocycles. The highest BCUT2D eigenvalue weighted by Crippen LogP contribution is 2.39. The highest BCUT2D eigenvalue weighted by molar-refractivity contribution is 6.27. The van der Waals surface area contributed by atoms with Gasteiger partial charge in [-0.3, -0.25) is 9.59 Å². The number of hydrogen-bond donors (Lipinski definition) is 0. The topological polar surface area (TPSA) is 49.9 Å². The van der Waals surface area contributed by atoms with E-state index in [1.54, 1.807) is 0 Å². The fourth-order valence-electron chi connectivity index (χ4n) is 4.08. The first kappa shape index (κ1) is 19.0. The largest absolute Gasteiger partial charge is 0.491 e. The van der Waals surface area contributed by atoms with Gasteiger partial charge < -0.3 is 14.5 Å². The summed E-state index contributed by atoms with van der Waals surface area (Å²) in [5, 5.41) is 0. The van der Waals surface area contributed by atoms with Gasteiger partial charge in [-0.05, 0) is 57.4 Å². The Labute approximate surface area is 160 Å². The van der Waals surface area contributed by atoms with E-state index in [0.29, 0.717) is 18.7 Å². The third-order valence-electron chi connectivity index (χ3n) is 5.33. The molecule has 1 aromatic carbocycles. The van der Waals surface area contributed by atoms with Crippen molar-refractivity contribution in [2.45, 2.75) is 39.2 Å². The Morgan fingerprint density at radius 2 is 1.81 bits per heavy atom. The Morgan fingerprint density at radius 3 is 2.46 bits per heavy atom. The molecule has 5 nitrogen and oxygen atoms in total. The molecule has 2 saturated heterocycles. The van der Waals surface area contributed by atoms with Crippen LogP contribution < -0.4 is 4.74 Å². The van der Waals surface area contributed by atoms with Crippen molar-refractivity contribution in [3.63, 3.8) is 0 Å². The average Bonchev–Trinajstić information content (AvgIpc) is 3.04. The Kier molecular flexibility index (Phi) is 5.76. The van der Waals surface area contributed by atoms with Gasteiger partial charge in [0.25, 0.3) is 5.91 Å². The summed E-state index contributed by atoms with van der Waals surface area (Å²) in [6, 6.07) is 7.37. The molecule has 1 atom stereocenters. The molecule has 6 heteroatoms. The van der Waals surface area contributed by atoms with Crippen LogP contribution in [0.15, 0.2) is 24.3 Å². The first-order valence-electron chi connectivity index (χ1n) is 9.32. The number of halogens is 1. The van der Waals surface area contributed by atoms with Gasteiger partial charge in [-0.15, -0.1) is 11.6 Å². The molecule has 2 fully saturated rings. The van der Waals surface area contributed by atoms with Crippen LogP contribution in [0.3, 0.4) is 0 Å². The average molecular weight is 379 g/mol. The summed E-state index contributed by atoms with van der Waals surface area (Å²) in [4.78, 5) is 28.6. The van der Waals surface area contributed by atoms with Crippen LogP contribution >= 0.6 is 11.6 Å². The standard InChI is InChI=1S/C20H27ClN2O3/c1-15(2)26-17-6-4-16(5-7-17)19(25)23-10-3-8-20(14-23)9-11-22(13-20)18(24)12-21/h4-7,15H,3,8-14H2,1-2H3. The van der Waals surface area contributed by atoms with Crippen molar-refractivity contribution in [3.8, 4) is 5.75 Å². The molecule has 0 N–H and O–H groups in total. The minimum Gasteiger partial charge on any atom is -0.491 e. The summed E-state index contributed by atoms with van der Waals surface area (Å²) in [6.07, 6.45) is 3.09. The van der Waals surface area contributed by atoms with Crippen LogP contribution in [0.5, 0.6) is 5.75 Å². The third-order valence-corrected chi connectivity index (χ3v) is 5.56. The van der Waals surface area contributed by atoms with E-state index in [9.17, 15) is 9.59 Å². The minimum absolute atomic E-state index is 0.00673. The SMILES string of the molecule is CC(C)Oc1ccc(C(=O)N2CCCC3(CCN(C(=O)CCl)C3)C2)cc1. The predicted molar refractivity (Wildman–Crippen MR) is 102 cm³/mol. The normalized spacial score (nSPS) is 22.9. The molecule has 142 valence electrons. The molecule has 1 aromatic rings. The van der Waals surface area contributed by atoms with Gasteiger partial charge in [0.1, 0.15) is 11.6 Å². The Morgan fingerprint density at radius 1 is 1.12 bits per heavy atom. The van der Waals surface area contributed by atoms with Crippen molar-refractivity contribution in [3.05, 3.63) is 29.8 Å². The molecular formula is C20H27ClN2O3. The van der Waals surface area contributed by atoms with Crippen LogP contribution in [0.25, 0.3) is 0 Å². The van der Waals surface area contributed by atoms with E-state index in [0.717, 1.165) is 38.1 Å². The molecule has 26 heavy (non-hydrogen) atoms. The van der Waals surface area contributed by atoms with E-state index in [1.165, 1.54) is 0 Å². The second-order valence-electron chi connectivity index (χ2n) is 7.72. The maximum Gasteiger partial charge on any atom is 0.253 e. The fraction of sp³-hybridized carbons (Fsp3) is 0.600. The first-order valence-corrected chi connectivity index (χ1v) is 9.86. The van der Waals surface area contributed by atoms with Crippen LogP contribution in [-0.2, 0) is 4.79 Å². The monoisotopic (exact) mass is 378 g/mol. The fourth-order valence-corrected chi connectivity index (χ4v) is 4.25. The van der Waals surface area contributed by atoms with Crippen LogP contribution in [0.1, 0.15) is 43.5 Å². The van der Waals surface area contributed by atoms with Gasteiger partial charge in [-0.1, -0.05) is 0 Å². The Hall–Kier alpha value is -1.75. The summed E-state index contributed by atoms with van der Waals surface area (Å²) in [5.41, 5.74) is 0.709. The van der Waals surface area contributed by atoms with Crippen molar-refractivity contribution in [2.75, 3.05) is 32.1 Å². The number of carbonyl (C=O) groups excluding carboxylic acids is 2. The molecule has 2 aliphatic rings. The summed E-state index contributed by atoms with van der Waals surface area (Å²) < 4.78 is 5.64. The summed E-state index contributed by atoms with van der Waals surface area (Å²) in [7, 11) is 0. The molecule has 0 aromatic heterocycles. The molecule has 0 saturated carbocycles. The number of nitrogens with zero attached hydrogens (tertiary/aromatic N) is 2. The second kappa shape index (κ2) is 7.87. The first-order chi connectivity index (χ1) is 12.4. The summed E-state index contributed by atoms with van der Waals surface area (Å²) in [6.45, 7) is 6.90. The van der Waals surface area contributed by atoms with Gasteiger partial charge in [-0.25, -0.2) is 0 Å². The van der Waals surface area contributed by atoms with Gasteiger partial charge in [0, 0.05) is 37.2 Å². The number of carbonyl (C=O) groups is 2. The van der Waals surface area contributed by atoms with Crippen LogP contribution in [0, 0.1) is 5.41 Å². The zero-order valence-corrected chi connectivity index (χ0v) is 16.3. The number of benzene rings is 1. The lowest BCUT2D eigenvalue weighted by molar-refractivity contribution is -0.128. The van der Waals surface area contributed by atoms with Gasteiger partial charge in [-0.2, -0.15) is 0 Å². The highest BCUT2D eigenvalue weighted by atomic mass is 35.5. The van der Waals surface area contributed by atoms with Crippen molar-refractivity contribution < 1.29 is 14.3 Å². The van der Waals surface area contributed by atoms with E-state index >= 15 is 0 Å². The highest BCUT2D eigenvalue weighted by Gasteiger charge is 2.43. The van der Waals surface area contributed by atoms with Gasteiger partial charge in [0.15, 0.2) is 0 Å². The van der Waals surface area contributed by atoms with Gasteiger partial charge in [0.05, 0.1) is 6.10 Å². The second-order valence-corrected chi connectivity index (χ2v) is 7.99. The van der Waals surface area contributed by atoms with Crippen molar-refractivity contribution in [1.82, 2.24) is 9.80 Å². The van der Waals surface area contributed by atoms with E-state index in [4.69, 9.17) is 16.3 Å². The van der Waals surface area contributed by atoms with E-state index in [-0.39, 0.29) is 29.2 Å². The van der Waals surface area contributed by atoms with E-state index in [1.807, 2.05) is 47.9 Å². The van der Waals surface area contributed by atoms with Crippen LogP contribution in [0.2, 0.25) is 0 Å². The summed E-state index contributed by atoms with van der Waals surface area (Å²) >= 11 is 5.70. The van der Waals surface area contributed by atoms with Crippen molar-refractivity contribution >= 4 is 23.4 Å². The number of rotatable bonds is 4. The number of hydrogen-bond acceptors (Lipinski definition) is 3. The third kappa shape index (κ3) is 4.14. The quantitative estimate of drug-likeness (QED) is 0.756. The molecule has 2 amide bonds. The zero-order valence-electron chi connectivity index (χ0n) is 15.5. The summed E-state index contributed by atoms with van der Waals surface area (Å²) in [5.74, 6) is 0.858. The predicted octanol–water partition coefficient (Wildman–Crippen LogP) is 3.17. The molecule has 3 rings (SSSR count). The maximum atomic E-state index is 12.9. The molecule has 1 unspecified atom stereocenters. The van der Waals surface area contributed by atoms with Gasteiger partial charge in [0.2, 0.25) is 5.91 Å². The molecule has 0 radical (unpaired) electrons. The molecule has 2 aliphatic heterocycles. The Balaban J connectivity index is 1.66. The van der Waals surface area contributed by atoms with E-state index in [2.05, 4.69) is 0 Å². The lowest BCUT2D eigenvalue weighted by Gasteiger charge is -2.40. The lowest BCUT2D eigenvalue weighted by Crippen LogP contribution is -2.47. The number of amides is 2. The molecular weight excluding hydrogens is 352 g/mol. The maximum absolute atomic E-state index is 12.9. The molecule has 0 bridgehead atoms. The number of ether oxygens (including phenoxy) is 1. The lowest BCUT2D eigenvalue weighted by atomic mass is 9.79.